The summed E-state index contributed by atoms with van der Waals surface area (Å²) in [5.41, 5.74) is 7.18. The minimum Gasteiger partial charge on any atom is -0.436 e. The highest BCUT2D eigenvalue weighted by atomic mass is 19.2. The van der Waals surface area contributed by atoms with Crippen molar-refractivity contribution in [3.05, 3.63) is 53.2 Å². The van der Waals surface area contributed by atoms with Crippen molar-refractivity contribution in [1.82, 2.24) is 4.98 Å². The topological polar surface area (TPSA) is 48.1 Å². The van der Waals surface area contributed by atoms with E-state index in [1.165, 1.54) is 12.1 Å². The smallest absolute Gasteiger partial charge is 0.222 e. The maximum absolute atomic E-state index is 13.5. The van der Waals surface area contributed by atoms with Crippen molar-refractivity contribution < 1.29 is 13.5 Å². The van der Waals surface area contributed by atoms with E-state index in [0.29, 0.717) is 13.0 Å². The van der Waals surface area contributed by atoms with E-state index in [1.54, 1.807) is 13.1 Å². The second-order valence-corrected chi connectivity index (χ2v) is 4.16. The number of benzene rings is 1. The van der Waals surface area contributed by atoms with Crippen molar-refractivity contribution in [2.24, 2.45) is 5.73 Å². The molecule has 3 nitrogen and oxygen atoms in total. The van der Waals surface area contributed by atoms with Crippen LogP contribution in [0.4, 0.5) is 8.78 Å². The van der Waals surface area contributed by atoms with Gasteiger partial charge in [0, 0.05) is 11.8 Å². The van der Waals surface area contributed by atoms with Crippen LogP contribution in [-0.2, 0) is 6.42 Å². The zero-order chi connectivity index (χ0) is 13.8. The highest BCUT2D eigenvalue weighted by Gasteiger charge is 2.11. The van der Waals surface area contributed by atoms with E-state index < -0.39 is 11.6 Å². The normalized spacial score (nSPS) is 10.5. The summed E-state index contributed by atoms with van der Waals surface area (Å²) in [5.74, 6) is -1.89. The van der Waals surface area contributed by atoms with Crippen molar-refractivity contribution in [2.45, 2.75) is 13.3 Å². The Morgan fingerprint density at radius 2 is 2.11 bits per heavy atom. The second-order valence-electron chi connectivity index (χ2n) is 4.16. The molecule has 0 aliphatic rings. The lowest BCUT2D eigenvalue weighted by Crippen LogP contribution is -2.04. The molecule has 0 amide bonds. The minimum atomic E-state index is -1.02. The van der Waals surface area contributed by atoms with Crippen molar-refractivity contribution in [3.8, 4) is 11.6 Å². The van der Waals surface area contributed by atoms with Gasteiger partial charge in [-0.15, -0.1) is 0 Å². The summed E-state index contributed by atoms with van der Waals surface area (Å²) in [6.07, 6.45) is 2.33. The fourth-order valence-electron chi connectivity index (χ4n) is 1.70. The van der Waals surface area contributed by atoms with Crippen LogP contribution < -0.4 is 10.5 Å². The molecule has 100 valence electrons. The molecule has 1 aromatic heterocycles. The Balaban J connectivity index is 2.26. The summed E-state index contributed by atoms with van der Waals surface area (Å²) < 4.78 is 31.8. The summed E-state index contributed by atoms with van der Waals surface area (Å²) in [4.78, 5) is 4.10. The molecule has 5 heteroatoms. The number of halogens is 2. The standard InChI is InChI=1S/C14H14F2N2O/c1-9-7-10(5-6-17)8-18-14(9)19-12-4-2-3-11(15)13(12)16/h2-4,7-8H,5-6,17H2,1H3. The molecule has 0 fully saturated rings. The van der Waals surface area contributed by atoms with Crippen molar-refractivity contribution in [2.75, 3.05) is 6.54 Å². The molecule has 1 heterocycles. The molecule has 0 saturated heterocycles. The third-order valence-electron chi connectivity index (χ3n) is 2.64. The lowest BCUT2D eigenvalue weighted by atomic mass is 10.1. The van der Waals surface area contributed by atoms with Crippen LogP contribution in [0.25, 0.3) is 0 Å². The fraction of sp³-hybridized carbons (Fsp3) is 0.214. The van der Waals surface area contributed by atoms with Crippen molar-refractivity contribution >= 4 is 0 Å². The number of aryl methyl sites for hydroxylation is 1. The molecule has 2 rings (SSSR count). The molecule has 0 aliphatic carbocycles. The number of rotatable bonds is 4. The average molecular weight is 264 g/mol. The summed E-state index contributed by atoms with van der Waals surface area (Å²) >= 11 is 0. The maximum Gasteiger partial charge on any atom is 0.222 e. The summed E-state index contributed by atoms with van der Waals surface area (Å²) in [5, 5.41) is 0. The Kier molecular flexibility index (Phi) is 4.06. The lowest BCUT2D eigenvalue weighted by molar-refractivity contribution is 0.403. The summed E-state index contributed by atoms with van der Waals surface area (Å²) in [6.45, 7) is 2.32. The van der Waals surface area contributed by atoms with Crippen LogP contribution in [-0.4, -0.2) is 11.5 Å². The first-order valence-electron chi connectivity index (χ1n) is 5.89. The highest BCUT2D eigenvalue weighted by molar-refractivity contribution is 5.34. The van der Waals surface area contributed by atoms with Crippen molar-refractivity contribution in [3.63, 3.8) is 0 Å². The van der Waals surface area contributed by atoms with Gasteiger partial charge in [0.2, 0.25) is 11.7 Å². The Morgan fingerprint density at radius 1 is 1.32 bits per heavy atom. The molecule has 0 bridgehead atoms. The lowest BCUT2D eigenvalue weighted by Gasteiger charge is -2.09. The van der Waals surface area contributed by atoms with Gasteiger partial charge in [-0.25, -0.2) is 9.37 Å². The van der Waals surface area contributed by atoms with E-state index in [1.807, 2.05) is 6.07 Å². The number of ether oxygens (including phenoxy) is 1. The minimum absolute atomic E-state index is 0.179. The van der Waals surface area contributed by atoms with Gasteiger partial charge in [-0.3, -0.25) is 0 Å². The average Bonchev–Trinajstić information content (AvgIpc) is 2.38. The summed E-state index contributed by atoms with van der Waals surface area (Å²) in [7, 11) is 0. The van der Waals surface area contributed by atoms with Crippen LogP contribution in [0, 0.1) is 18.6 Å². The van der Waals surface area contributed by atoms with E-state index in [0.717, 1.165) is 17.2 Å². The van der Waals surface area contributed by atoms with E-state index in [4.69, 9.17) is 10.5 Å². The third-order valence-corrected chi connectivity index (χ3v) is 2.64. The summed E-state index contributed by atoms with van der Waals surface area (Å²) in [6, 6.07) is 5.64. The van der Waals surface area contributed by atoms with Gasteiger partial charge in [-0.1, -0.05) is 6.07 Å². The predicted molar refractivity (Wildman–Crippen MR) is 68.2 cm³/mol. The number of aromatic nitrogens is 1. The highest BCUT2D eigenvalue weighted by Crippen LogP contribution is 2.26. The quantitative estimate of drug-likeness (QED) is 0.923. The van der Waals surface area contributed by atoms with Gasteiger partial charge in [-0.05, 0) is 43.7 Å². The first-order valence-corrected chi connectivity index (χ1v) is 5.89. The van der Waals surface area contributed by atoms with Gasteiger partial charge in [0.25, 0.3) is 0 Å². The molecule has 0 aliphatic heterocycles. The zero-order valence-electron chi connectivity index (χ0n) is 10.5. The van der Waals surface area contributed by atoms with Gasteiger partial charge in [0.05, 0.1) is 0 Å². The molecule has 2 N–H and O–H groups in total. The Labute approximate surface area is 110 Å². The van der Waals surface area contributed by atoms with E-state index in [-0.39, 0.29) is 11.6 Å². The molecule has 0 saturated carbocycles. The zero-order valence-corrected chi connectivity index (χ0v) is 10.5. The Hall–Kier alpha value is -2.01. The number of pyridine rings is 1. The molecule has 0 unspecified atom stereocenters. The van der Waals surface area contributed by atoms with E-state index >= 15 is 0 Å². The van der Waals surface area contributed by atoms with Crippen LogP contribution in [0.15, 0.2) is 30.5 Å². The Bertz CT molecular complexity index is 588. The number of hydrogen-bond acceptors (Lipinski definition) is 3. The van der Waals surface area contributed by atoms with E-state index in [9.17, 15) is 8.78 Å². The first-order chi connectivity index (χ1) is 9.11. The first kappa shape index (κ1) is 13.4. The second kappa shape index (κ2) is 5.75. The molecule has 0 radical (unpaired) electrons. The van der Waals surface area contributed by atoms with Gasteiger partial charge in [0.15, 0.2) is 11.6 Å². The molecule has 1 aromatic carbocycles. The molecular weight excluding hydrogens is 250 g/mol. The van der Waals surface area contributed by atoms with Crippen LogP contribution in [0.3, 0.4) is 0 Å². The molecule has 0 spiro atoms. The fourth-order valence-corrected chi connectivity index (χ4v) is 1.70. The van der Waals surface area contributed by atoms with Gasteiger partial charge >= 0.3 is 0 Å². The Morgan fingerprint density at radius 3 is 2.79 bits per heavy atom. The largest absolute Gasteiger partial charge is 0.436 e. The number of nitrogens with zero attached hydrogens (tertiary/aromatic N) is 1. The molecular formula is C14H14F2N2O. The predicted octanol–water partition coefficient (Wildman–Crippen LogP) is 2.96. The van der Waals surface area contributed by atoms with Crippen molar-refractivity contribution in [1.29, 1.82) is 0 Å². The third kappa shape index (κ3) is 3.06. The van der Waals surface area contributed by atoms with E-state index in [2.05, 4.69) is 4.98 Å². The SMILES string of the molecule is Cc1cc(CCN)cnc1Oc1cccc(F)c1F. The van der Waals surface area contributed by atoms with Gasteiger partial charge in [0.1, 0.15) is 0 Å². The van der Waals surface area contributed by atoms with Crippen LogP contribution >= 0.6 is 0 Å². The maximum atomic E-state index is 13.5. The van der Waals surface area contributed by atoms with Crippen LogP contribution in [0.5, 0.6) is 11.6 Å². The van der Waals surface area contributed by atoms with Crippen LogP contribution in [0.2, 0.25) is 0 Å². The number of nitrogens with two attached hydrogens (primary N) is 1. The molecule has 0 atom stereocenters. The van der Waals surface area contributed by atoms with Crippen LogP contribution in [0.1, 0.15) is 11.1 Å². The number of hydrogen-bond donors (Lipinski definition) is 1. The molecule has 19 heavy (non-hydrogen) atoms. The van der Waals surface area contributed by atoms with Gasteiger partial charge < -0.3 is 10.5 Å². The van der Waals surface area contributed by atoms with Gasteiger partial charge in [-0.2, -0.15) is 4.39 Å². The molecule has 2 aromatic rings. The monoisotopic (exact) mass is 264 g/mol.